The lowest BCUT2D eigenvalue weighted by atomic mass is 9.86. The molecule has 4 rings (SSSR count). The van der Waals surface area contributed by atoms with Gasteiger partial charge in [0.05, 0.1) is 0 Å². The van der Waals surface area contributed by atoms with Gasteiger partial charge in [0, 0.05) is 36.6 Å². The molecule has 0 aromatic heterocycles. The Morgan fingerprint density at radius 3 is 2.57 bits per heavy atom. The van der Waals surface area contributed by atoms with Crippen LogP contribution in [0.3, 0.4) is 0 Å². The van der Waals surface area contributed by atoms with Gasteiger partial charge in [0.1, 0.15) is 6.04 Å². The van der Waals surface area contributed by atoms with E-state index >= 15 is 0 Å². The molecule has 3 N–H and O–H groups in total. The number of carbonyl (C=O) groups excluding carboxylic acids is 2. The van der Waals surface area contributed by atoms with Crippen LogP contribution in [0.4, 0.5) is 0 Å². The molecule has 7 heteroatoms. The summed E-state index contributed by atoms with van der Waals surface area (Å²) < 4.78 is 0. The van der Waals surface area contributed by atoms with Crippen molar-refractivity contribution in [3.05, 3.63) is 34.9 Å². The molecule has 1 aromatic carbocycles. The van der Waals surface area contributed by atoms with Crippen LogP contribution < -0.4 is 16.2 Å². The zero-order valence-electron chi connectivity index (χ0n) is 17.5. The maximum Gasteiger partial charge on any atom is 0.241 e. The summed E-state index contributed by atoms with van der Waals surface area (Å²) in [5.74, 6) is 0.894. The summed E-state index contributed by atoms with van der Waals surface area (Å²) in [5.41, 5.74) is 7.47. The zero-order chi connectivity index (χ0) is 20.9. The third kappa shape index (κ3) is 5.54. The van der Waals surface area contributed by atoms with Gasteiger partial charge in [-0.05, 0) is 55.7 Å². The third-order valence-electron chi connectivity index (χ3n) is 6.82. The highest BCUT2D eigenvalue weighted by atomic mass is 35.5. The predicted octanol–water partition coefficient (Wildman–Crippen LogP) is 3.33. The van der Waals surface area contributed by atoms with Gasteiger partial charge in [-0.25, -0.2) is 10.9 Å². The Hall–Kier alpha value is -1.63. The zero-order valence-corrected chi connectivity index (χ0v) is 18.3. The number of hydrogen-bond acceptors (Lipinski definition) is 4. The molecule has 2 atom stereocenters. The van der Waals surface area contributed by atoms with E-state index in [1.165, 1.54) is 32.1 Å². The van der Waals surface area contributed by atoms with Crippen LogP contribution in [0.5, 0.6) is 0 Å². The van der Waals surface area contributed by atoms with E-state index in [9.17, 15) is 9.59 Å². The summed E-state index contributed by atoms with van der Waals surface area (Å²) in [6, 6.07) is 7.80. The van der Waals surface area contributed by atoms with Gasteiger partial charge < -0.3 is 10.2 Å². The van der Waals surface area contributed by atoms with E-state index < -0.39 is 0 Å². The first kappa shape index (κ1) is 21.6. The molecule has 30 heavy (non-hydrogen) atoms. The Morgan fingerprint density at radius 1 is 1.07 bits per heavy atom. The minimum Gasteiger partial charge on any atom is -0.353 e. The van der Waals surface area contributed by atoms with Gasteiger partial charge >= 0.3 is 0 Å². The lowest BCUT2D eigenvalue weighted by Gasteiger charge is -2.34. The Kier molecular flexibility index (Phi) is 7.28. The Labute approximate surface area is 184 Å². The largest absolute Gasteiger partial charge is 0.353 e. The highest BCUT2D eigenvalue weighted by Gasteiger charge is 2.34. The normalized spacial score (nSPS) is 26.0. The average Bonchev–Trinajstić information content (AvgIpc) is 3.25. The molecule has 2 heterocycles. The number of amides is 2. The monoisotopic (exact) mass is 432 g/mol. The molecule has 0 radical (unpaired) electrons. The van der Waals surface area contributed by atoms with Crippen LogP contribution in [0.2, 0.25) is 5.02 Å². The highest BCUT2D eigenvalue weighted by Crippen LogP contribution is 2.27. The summed E-state index contributed by atoms with van der Waals surface area (Å²) in [6.45, 7) is 1.40. The lowest BCUT2D eigenvalue weighted by molar-refractivity contribution is -0.134. The van der Waals surface area contributed by atoms with E-state index in [1.807, 2.05) is 29.2 Å². The summed E-state index contributed by atoms with van der Waals surface area (Å²) in [6.07, 6.45) is 9.27. The predicted molar refractivity (Wildman–Crippen MR) is 118 cm³/mol. The first-order chi connectivity index (χ1) is 14.6. The Morgan fingerprint density at radius 2 is 1.83 bits per heavy atom. The van der Waals surface area contributed by atoms with E-state index in [0.29, 0.717) is 36.9 Å². The summed E-state index contributed by atoms with van der Waals surface area (Å²) in [5, 5.41) is 3.92. The topological polar surface area (TPSA) is 73.5 Å². The molecule has 164 valence electrons. The van der Waals surface area contributed by atoms with Crippen molar-refractivity contribution in [3.8, 4) is 0 Å². The molecule has 3 fully saturated rings. The second-order valence-corrected chi connectivity index (χ2v) is 9.50. The van der Waals surface area contributed by atoms with Crippen molar-refractivity contribution in [2.45, 2.75) is 75.9 Å². The standard InChI is InChI=1S/C23H33ClN4O2/c24-18-8-4-7-17(14-18)20-15-21(27-26-20)23(30)28-11-9-19(10-12-28)25-22(29)13-16-5-2-1-3-6-16/h4,7-8,14,16,19-21,26-27H,1-3,5-6,9-13,15H2,(H,25,29). The number of nitrogens with one attached hydrogen (secondary N) is 3. The maximum absolute atomic E-state index is 12.9. The fraction of sp³-hybridized carbons (Fsp3) is 0.652. The van der Waals surface area contributed by atoms with Gasteiger partial charge in [-0.2, -0.15) is 0 Å². The fourth-order valence-corrected chi connectivity index (χ4v) is 5.26. The maximum atomic E-state index is 12.9. The Balaban J connectivity index is 1.20. The highest BCUT2D eigenvalue weighted by molar-refractivity contribution is 6.30. The molecule has 1 aromatic rings. The molecule has 0 spiro atoms. The minimum absolute atomic E-state index is 0.0780. The van der Waals surface area contributed by atoms with Crippen LogP contribution in [0, 0.1) is 5.92 Å². The second kappa shape index (κ2) is 10.1. The molecule has 1 aliphatic carbocycles. The lowest BCUT2D eigenvalue weighted by Crippen LogP contribution is -2.51. The molecule has 2 unspecified atom stereocenters. The van der Waals surface area contributed by atoms with Crippen molar-refractivity contribution in [3.63, 3.8) is 0 Å². The van der Waals surface area contributed by atoms with Crippen molar-refractivity contribution in [1.29, 1.82) is 0 Å². The summed E-state index contributed by atoms with van der Waals surface area (Å²) in [7, 11) is 0. The fourth-order valence-electron chi connectivity index (χ4n) is 5.06. The van der Waals surface area contributed by atoms with E-state index in [2.05, 4.69) is 16.2 Å². The van der Waals surface area contributed by atoms with E-state index in [0.717, 1.165) is 18.4 Å². The Bertz CT molecular complexity index is 744. The van der Waals surface area contributed by atoms with E-state index in [1.54, 1.807) is 0 Å². The first-order valence-electron chi connectivity index (χ1n) is 11.4. The number of carbonyl (C=O) groups is 2. The van der Waals surface area contributed by atoms with Crippen LogP contribution in [0.15, 0.2) is 24.3 Å². The van der Waals surface area contributed by atoms with Crippen molar-refractivity contribution < 1.29 is 9.59 Å². The van der Waals surface area contributed by atoms with Crippen LogP contribution in [-0.2, 0) is 9.59 Å². The average molecular weight is 433 g/mol. The molecule has 0 bridgehead atoms. The number of halogens is 1. The molecular formula is C23H33ClN4O2. The van der Waals surface area contributed by atoms with Crippen LogP contribution in [0.25, 0.3) is 0 Å². The minimum atomic E-state index is -0.230. The number of hydrazine groups is 1. The van der Waals surface area contributed by atoms with Gasteiger partial charge in [-0.3, -0.25) is 9.59 Å². The molecule has 6 nitrogen and oxygen atoms in total. The molecule has 2 saturated heterocycles. The smallest absolute Gasteiger partial charge is 0.241 e. The SMILES string of the molecule is O=C(CC1CCCCC1)NC1CCN(C(=O)C2CC(c3cccc(Cl)c3)NN2)CC1. The molecule has 2 aliphatic heterocycles. The van der Waals surface area contributed by atoms with Crippen LogP contribution in [-0.4, -0.2) is 41.9 Å². The quantitative estimate of drug-likeness (QED) is 0.667. The second-order valence-electron chi connectivity index (χ2n) is 9.06. The summed E-state index contributed by atoms with van der Waals surface area (Å²) in [4.78, 5) is 27.3. The van der Waals surface area contributed by atoms with Gasteiger partial charge in [0.2, 0.25) is 11.8 Å². The van der Waals surface area contributed by atoms with Gasteiger partial charge in [0.25, 0.3) is 0 Å². The van der Waals surface area contributed by atoms with E-state index in [4.69, 9.17) is 11.6 Å². The van der Waals surface area contributed by atoms with Gasteiger partial charge in [0.15, 0.2) is 0 Å². The summed E-state index contributed by atoms with van der Waals surface area (Å²) >= 11 is 6.09. The molecular weight excluding hydrogens is 400 g/mol. The number of nitrogens with zero attached hydrogens (tertiary/aromatic N) is 1. The van der Waals surface area contributed by atoms with Crippen molar-refractivity contribution in [1.82, 2.24) is 21.1 Å². The molecule has 2 amide bonds. The van der Waals surface area contributed by atoms with Gasteiger partial charge in [-0.15, -0.1) is 0 Å². The van der Waals surface area contributed by atoms with Crippen LogP contribution >= 0.6 is 11.6 Å². The van der Waals surface area contributed by atoms with Crippen molar-refractivity contribution in [2.24, 2.45) is 5.92 Å². The molecule has 3 aliphatic rings. The van der Waals surface area contributed by atoms with E-state index in [-0.39, 0.29) is 29.9 Å². The van der Waals surface area contributed by atoms with Crippen molar-refractivity contribution >= 4 is 23.4 Å². The number of hydrogen-bond donors (Lipinski definition) is 3. The number of benzene rings is 1. The van der Waals surface area contributed by atoms with Crippen LogP contribution in [0.1, 0.15) is 69.4 Å². The third-order valence-corrected chi connectivity index (χ3v) is 7.06. The number of likely N-dealkylation sites (tertiary alicyclic amines) is 1. The first-order valence-corrected chi connectivity index (χ1v) is 11.8. The van der Waals surface area contributed by atoms with Gasteiger partial charge in [-0.1, -0.05) is 43.0 Å². The molecule has 1 saturated carbocycles. The van der Waals surface area contributed by atoms with Crippen molar-refractivity contribution in [2.75, 3.05) is 13.1 Å². The number of piperidine rings is 1. The number of rotatable bonds is 5.